The van der Waals surface area contributed by atoms with E-state index in [1.807, 2.05) is 6.07 Å². The third kappa shape index (κ3) is 3.06. The van der Waals surface area contributed by atoms with Gasteiger partial charge in [-0.25, -0.2) is 0 Å². The Bertz CT molecular complexity index is 1060. The normalized spacial score (nSPS) is 11.5. The van der Waals surface area contributed by atoms with E-state index in [-0.39, 0.29) is 0 Å². The van der Waals surface area contributed by atoms with Crippen molar-refractivity contribution in [1.29, 1.82) is 0 Å². The highest BCUT2D eigenvalue weighted by molar-refractivity contribution is 5.89. The number of aromatic nitrogens is 1. The first-order valence-corrected chi connectivity index (χ1v) is 8.97. The Morgan fingerprint density at radius 2 is 1.73 bits per heavy atom. The molecule has 1 aromatic heterocycles. The van der Waals surface area contributed by atoms with Gasteiger partial charge in [-0.3, -0.25) is 0 Å². The zero-order chi connectivity index (χ0) is 18.1. The van der Waals surface area contributed by atoms with E-state index in [1.165, 1.54) is 32.9 Å². The van der Waals surface area contributed by atoms with Crippen molar-refractivity contribution in [2.24, 2.45) is 0 Å². The van der Waals surface area contributed by atoms with Crippen LogP contribution in [0.2, 0.25) is 0 Å². The van der Waals surface area contributed by atoms with Crippen molar-refractivity contribution < 1.29 is 4.74 Å². The molecule has 0 saturated heterocycles. The van der Waals surface area contributed by atoms with Crippen molar-refractivity contribution in [2.75, 3.05) is 27.7 Å². The van der Waals surface area contributed by atoms with Crippen molar-refractivity contribution >= 4 is 21.7 Å². The summed E-state index contributed by atoms with van der Waals surface area (Å²) in [5.74, 6) is 0.903. The maximum Gasteiger partial charge on any atom is 0.119 e. The summed E-state index contributed by atoms with van der Waals surface area (Å²) in [6, 6.07) is 21.5. The molecule has 0 radical (unpaired) electrons. The molecule has 0 atom stereocenters. The van der Waals surface area contributed by atoms with Gasteiger partial charge in [0, 0.05) is 23.8 Å². The van der Waals surface area contributed by atoms with Crippen LogP contribution in [0.4, 0.5) is 0 Å². The van der Waals surface area contributed by atoms with E-state index in [4.69, 9.17) is 4.74 Å². The molecule has 3 heteroatoms. The van der Waals surface area contributed by atoms with E-state index in [0.717, 1.165) is 18.7 Å². The topological polar surface area (TPSA) is 17.4 Å². The fourth-order valence-corrected chi connectivity index (χ4v) is 3.49. The molecule has 3 aromatic carbocycles. The maximum atomic E-state index is 5.46. The third-order valence-electron chi connectivity index (χ3n) is 4.93. The number of benzene rings is 3. The average molecular weight is 344 g/mol. The van der Waals surface area contributed by atoms with Gasteiger partial charge in [0.05, 0.1) is 12.6 Å². The van der Waals surface area contributed by atoms with Crippen LogP contribution in [0.15, 0.2) is 66.9 Å². The van der Waals surface area contributed by atoms with Crippen molar-refractivity contribution in [3.63, 3.8) is 0 Å². The van der Waals surface area contributed by atoms with Gasteiger partial charge in [-0.15, -0.1) is 0 Å². The van der Waals surface area contributed by atoms with E-state index >= 15 is 0 Å². The van der Waals surface area contributed by atoms with Crippen molar-refractivity contribution in [3.8, 4) is 11.4 Å². The molecule has 3 nitrogen and oxygen atoms in total. The van der Waals surface area contributed by atoms with Crippen molar-refractivity contribution in [1.82, 2.24) is 9.47 Å². The van der Waals surface area contributed by atoms with Gasteiger partial charge in [-0.2, -0.15) is 0 Å². The van der Waals surface area contributed by atoms with Gasteiger partial charge in [0.2, 0.25) is 0 Å². The second-order valence-corrected chi connectivity index (χ2v) is 6.99. The molecule has 0 aliphatic carbocycles. The van der Waals surface area contributed by atoms with Crippen molar-refractivity contribution in [2.45, 2.75) is 6.42 Å². The zero-order valence-electron chi connectivity index (χ0n) is 15.6. The number of hydrogen-bond acceptors (Lipinski definition) is 2. The molecule has 0 unspecified atom stereocenters. The minimum atomic E-state index is 0.903. The first-order valence-electron chi connectivity index (χ1n) is 8.97. The van der Waals surface area contributed by atoms with E-state index in [0.29, 0.717) is 0 Å². The quantitative estimate of drug-likeness (QED) is 0.512. The van der Waals surface area contributed by atoms with Gasteiger partial charge < -0.3 is 14.2 Å². The molecule has 0 amide bonds. The lowest BCUT2D eigenvalue weighted by Crippen LogP contribution is -2.14. The highest BCUT2D eigenvalue weighted by atomic mass is 16.5. The predicted molar refractivity (Wildman–Crippen MR) is 110 cm³/mol. The summed E-state index contributed by atoms with van der Waals surface area (Å²) in [5.41, 5.74) is 3.76. The van der Waals surface area contributed by atoms with E-state index < -0.39 is 0 Å². The molecule has 0 spiro atoms. The Morgan fingerprint density at radius 3 is 2.50 bits per heavy atom. The summed E-state index contributed by atoms with van der Waals surface area (Å²) in [5, 5.41) is 3.79. The van der Waals surface area contributed by atoms with Gasteiger partial charge in [0.25, 0.3) is 0 Å². The van der Waals surface area contributed by atoms with Crippen LogP contribution in [-0.2, 0) is 6.42 Å². The average Bonchev–Trinajstić information content (AvgIpc) is 3.03. The maximum absolute atomic E-state index is 5.46. The van der Waals surface area contributed by atoms with Crippen LogP contribution in [0.25, 0.3) is 27.4 Å². The number of ether oxygens (including phenoxy) is 1. The number of fused-ring (bicyclic) bond motifs is 2. The summed E-state index contributed by atoms with van der Waals surface area (Å²) in [6.45, 7) is 1.02. The van der Waals surface area contributed by atoms with Crippen LogP contribution in [0.3, 0.4) is 0 Å². The summed E-state index contributed by atoms with van der Waals surface area (Å²) in [7, 11) is 5.95. The molecule has 4 aromatic rings. The standard InChI is InChI=1S/C23H24N2O/c1-24(2)13-12-19-16-25(23-11-10-21(26-3)15-22(19)23)20-9-8-17-6-4-5-7-18(17)14-20/h4-11,14-16H,12-13H2,1-3H3. The van der Waals surface area contributed by atoms with Crippen LogP contribution >= 0.6 is 0 Å². The van der Waals surface area contributed by atoms with Gasteiger partial charge in [0.1, 0.15) is 5.75 Å². The number of rotatable bonds is 5. The van der Waals surface area contributed by atoms with Crippen LogP contribution in [0.5, 0.6) is 5.75 Å². The Morgan fingerprint density at radius 1 is 0.923 bits per heavy atom. The first-order chi connectivity index (χ1) is 12.7. The van der Waals surface area contributed by atoms with Crippen LogP contribution in [0, 0.1) is 0 Å². The van der Waals surface area contributed by atoms with E-state index in [2.05, 4.69) is 84.4 Å². The van der Waals surface area contributed by atoms with Crippen LogP contribution in [0.1, 0.15) is 5.56 Å². The Balaban J connectivity index is 1.87. The smallest absolute Gasteiger partial charge is 0.119 e. The molecule has 0 aliphatic rings. The zero-order valence-corrected chi connectivity index (χ0v) is 15.6. The lowest BCUT2D eigenvalue weighted by atomic mass is 10.1. The molecule has 1 heterocycles. The summed E-state index contributed by atoms with van der Waals surface area (Å²) in [6.07, 6.45) is 3.29. The summed E-state index contributed by atoms with van der Waals surface area (Å²) < 4.78 is 7.75. The second kappa shape index (κ2) is 6.85. The lowest BCUT2D eigenvalue weighted by molar-refractivity contribution is 0.413. The summed E-state index contributed by atoms with van der Waals surface area (Å²) in [4.78, 5) is 2.22. The van der Waals surface area contributed by atoms with Gasteiger partial charge in [-0.05, 0) is 67.2 Å². The Hall–Kier alpha value is -2.78. The lowest BCUT2D eigenvalue weighted by Gasteiger charge is -2.08. The first kappa shape index (κ1) is 16.7. The van der Waals surface area contributed by atoms with Gasteiger partial charge in [0.15, 0.2) is 0 Å². The monoisotopic (exact) mass is 344 g/mol. The van der Waals surface area contributed by atoms with E-state index in [1.54, 1.807) is 7.11 Å². The number of likely N-dealkylation sites (N-methyl/N-ethyl adjacent to an activating group) is 1. The fraction of sp³-hybridized carbons (Fsp3) is 0.217. The minimum Gasteiger partial charge on any atom is -0.497 e. The van der Waals surface area contributed by atoms with Crippen LogP contribution < -0.4 is 4.74 Å². The van der Waals surface area contributed by atoms with Gasteiger partial charge in [-0.1, -0.05) is 30.3 Å². The molecule has 0 bridgehead atoms. The Kier molecular flexibility index (Phi) is 4.39. The summed E-state index contributed by atoms with van der Waals surface area (Å²) >= 11 is 0. The molecule has 0 fully saturated rings. The molecule has 4 rings (SSSR count). The molecule has 132 valence electrons. The molecular weight excluding hydrogens is 320 g/mol. The number of hydrogen-bond donors (Lipinski definition) is 0. The minimum absolute atomic E-state index is 0.903. The van der Waals surface area contributed by atoms with E-state index in [9.17, 15) is 0 Å². The van der Waals surface area contributed by atoms with Gasteiger partial charge >= 0.3 is 0 Å². The molecule has 0 N–H and O–H groups in total. The largest absolute Gasteiger partial charge is 0.497 e. The molecule has 0 aliphatic heterocycles. The third-order valence-corrected chi connectivity index (χ3v) is 4.93. The van der Waals surface area contributed by atoms with Crippen molar-refractivity contribution in [3.05, 3.63) is 72.4 Å². The number of nitrogens with zero attached hydrogens (tertiary/aromatic N) is 2. The molecule has 26 heavy (non-hydrogen) atoms. The predicted octanol–water partition coefficient (Wildman–Crippen LogP) is 4.90. The fourth-order valence-electron chi connectivity index (χ4n) is 3.49. The SMILES string of the molecule is COc1ccc2c(c1)c(CCN(C)C)cn2-c1ccc2ccccc2c1. The highest BCUT2D eigenvalue weighted by Crippen LogP contribution is 2.30. The highest BCUT2D eigenvalue weighted by Gasteiger charge is 2.12. The Labute approximate surface area is 154 Å². The van der Waals surface area contributed by atoms with Crippen LogP contribution in [-0.4, -0.2) is 37.2 Å². The number of methoxy groups -OCH3 is 1. The molecular formula is C23H24N2O. The molecule has 0 saturated carbocycles. The second-order valence-electron chi connectivity index (χ2n) is 6.99.